The van der Waals surface area contributed by atoms with Gasteiger partial charge in [-0.3, -0.25) is 4.98 Å². The summed E-state index contributed by atoms with van der Waals surface area (Å²) in [7, 11) is 0. The Bertz CT molecular complexity index is 915. The van der Waals surface area contributed by atoms with Crippen molar-refractivity contribution < 1.29 is 19.1 Å². The fraction of sp³-hybridized carbons (Fsp3) is 0.0625. The molecule has 0 bridgehead atoms. The highest BCUT2D eigenvalue weighted by Crippen LogP contribution is 2.31. The molecule has 0 saturated heterocycles. The maximum Gasteiger partial charge on any atom is 0.345 e. The van der Waals surface area contributed by atoms with Gasteiger partial charge in [0.15, 0.2) is 0 Å². The largest absolute Gasteiger partial charge is 0.507 e. The second-order valence-corrected chi connectivity index (χ2v) is 4.70. The zero-order valence-corrected chi connectivity index (χ0v) is 11.6. The average Bonchev–Trinajstić information content (AvgIpc) is 2.46. The summed E-state index contributed by atoms with van der Waals surface area (Å²) in [6.45, 7) is 1.68. The number of aromatic hydroxyl groups is 1. The lowest BCUT2D eigenvalue weighted by Gasteiger charge is -2.08. The van der Waals surface area contributed by atoms with Crippen molar-refractivity contribution in [3.63, 3.8) is 0 Å². The second-order valence-electron chi connectivity index (χ2n) is 4.70. The van der Waals surface area contributed by atoms with Crippen molar-refractivity contribution in [3.8, 4) is 11.5 Å². The monoisotopic (exact) mass is 297 g/mol. The van der Waals surface area contributed by atoms with Crippen LogP contribution < -0.4 is 10.4 Å². The van der Waals surface area contributed by atoms with Crippen LogP contribution in [0.1, 0.15) is 15.9 Å². The summed E-state index contributed by atoms with van der Waals surface area (Å²) in [5.74, 6) is -0.679. The minimum Gasteiger partial charge on any atom is -0.507 e. The SMILES string of the molecule is Cc1cc(=O)oc2cc(OC(=O)c3cccnc3)cc(O)c12. The fourth-order valence-electron chi connectivity index (χ4n) is 2.15. The highest BCUT2D eigenvalue weighted by Gasteiger charge is 2.13. The number of nitrogens with zero attached hydrogens (tertiary/aromatic N) is 1. The van der Waals surface area contributed by atoms with E-state index in [-0.39, 0.29) is 22.6 Å². The normalized spacial score (nSPS) is 10.6. The van der Waals surface area contributed by atoms with E-state index in [9.17, 15) is 14.7 Å². The molecule has 3 aromatic rings. The first-order valence-corrected chi connectivity index (χ1v) is 6.44. The molecule has 22 heavy (non-hydrogen) atoms. The Balaban J connectivity index is 2.02. The van der Waals surface area contributed by atoms with Crippen LogP contribution in [-0.4, -0.2) is 16.1 Å². The molecule has 0 spiro atoms. The number of benzene rings is 1. The molecule has 0 atom stereocenters. The smallest absolute Gasteiger partial charge is 0.345 e. The average molecular weight is 297 g/mol. The van der Waals surface area contributed by atoms with Gasteiger partial charge in [-0.2, -0.15) is 0 Å². The molecule has 0 aliphatic carbocycles. The molecule has 2 aromatic heterocycles. The van der Waals surface area contributed by atoms with E-state index in [0.717, 1.165) is 0 Å². The first kappa shape index (κ1) is 13.8. The molecule has 0 radical (unpaired) electrons. The van der Waals surface area contributed by atoms with Crippen molar-refractivity contribution >= 4 is 16.9 Å². The van der Waals surface area contributed by atoms with Gasteiger partial charge in [-0.05, 0) is 24.6 Å². The molecule has 110 valence electrons. The summed E-state index contributed by atoms with van der Waals surface area (Å²) in [5.41, 5.74) is 0.459. The quantitative estimate of drug-likeness (QED) is 0.444. The van der Waals surface area contributed by atoms with Gasteiger partial charge in [0.2, 0.25) is 0 Å². The van der Waals surface area contributed by atoms with E-state index in [1.165, 1.54) is 30.6 Å². The lowest BCUT2D eigenvalue weighted by molar-refractivity contribution is 0.0734. The topological polar surface area (TPSA) is 89.6 Å². The Morgan fingerprint density at radius 3 is 2.86 bits per heavy atom. The highest BCUT2D eigenvalue weighted by molar-refractivity contribution is 5.92. The number of esters is 1. The molecule has 1 N–H and O–H groups in total. The van der Waals surface area contributed by atoms with E-state index in [1.54, 1.807) is 19.1 Å². The molecule has 2 heterocycles. The standard InChI is InChI=1S/C16H11NO5/c1-9-5-14(19)22-13-7-11(6-12(18)15(9)13)21-16(20)10-3-2-4-17-8-10/h2-8,18H,1H3. The van der Waals surface area contributed by atoms with Crippen LogP contribution in [0.25, 0.3) is 11.0 Å². The minimum absolute atomic E-state index is 0.0765. The minimum atomic E-state index is -0.623. The first-order valence-electron chi connectivity index (χ1n) is 6.44. The summed E-state index contributed by atoms with van der Waals surface area (Å²) < 4.78 is 10.2. The number of carbonyl (C=O) groups excluding carboxylic acids is 1. The molecular weight excluding hydrogens is 286 g/mol. The molecule has 3 rings (SSSR count). The van der Waals surface area contributed by atoms with Gasteiger partial charge in [0.25, 0.3) is 0 Å². The zero-order valence-electron chi connectivity index (χ0n) is 11.6. The van der Waals surface area contributed by atoms with E-state index in [1.807, 2.05) is 0 Å². The van der Waals surface area contributed by atoms with Crippen molar-refractivity contribution in [3.05, 3.63) is 64.3 Å². The molecule has 0 unspecified atom stereocenters. The molecule has 0 aliphatic rings. The highest BCUT2D eigenvalue weighted by atomic mass is 16.5. The second kappa shape index (κ2) is 5.33. The van der Waals surface area contributed by atoms with E-state index in [0.29, 0.717) is 10.9 Å². The molecular formula is C16H11NO5. The van der Waals surface area contributed by atoms with Gasteiger partial charge < -0.3 is 14.3 Å². The summed E-state index contributed by atoms with van der Waals surface area (Å²) in [6, 6.07) is 7.13. The Morgan fingerprint density at radius 1 is 1.32 bits per heavy atom. The number of aromatic nitrogens is 1. The number of phenolic OH excluding ortho intramolecular Hbond substituents is 1. The van der Waals surface area contributed by atoms with Crippen LogP contribution in [0, 0.1) is 6.92 Å². The van der Waals surface area contributed by atoms with Gasteiger partial charge in [-0.25, -0.2) is 9.59 Å². The van der Waals surface area contributed by atoms with E-state index in [4.69, 9.17) is 9.15 Å². The van der Waals surface area contributed by atoms with Crippen LogP contribution in [0.5, 0.6) is 11.5 Å². The molecule has 0 fully saturated rings. The number of hydrogen-bond donors (Lipinski definition) is 1. The number of fused-ring (bicyclic) bond motifs is 1. The number of carbonyl (C=O) groups is 1. The van der Waals surface area contributed by atoms with Crippen molar-refractivity contribution in [1.82, 2.24) is 4.98 Å². The summed E-state index contributed by atoms with van der Waals surface area (Å²) in [6.07, 6.45) is 2.91. The molecule has 0 amide bonds. The molecule has 0 saturated carbocycles. The maximum atomic E-state index is 12.0. The predicted octanol–water partition coefficient (Wildman–Crippen LogP) is 2.42. The zero-order chi connectivity index (χ0) is 15.7. The summed E-state index contributed by atoms with van der Waals surface area (Å²) in [5, 5.41) is 10.4. The maximum absolute atomic E-state index is 12.0. The first-order chi connectivity index (χ1) is 10.5. The van der Waals surface area contributed by atoms with Crippen LogP contribution in [0.4, 0.5) is 0 Å². The molecule has 6 nitrogen and oxygen atoms in total. The fourth-order valence-corrected chi connectivity index (χ4v) is 2.15. The summed E-state index contributed by atoms with van der Waals surface area (Å²) >= 11 is 0. The molecule has 0 aliphatic heterocycles. The Morgan fingerprint density at radius 2 is 2.14 bits per heavy atom. The van der Waals surface area contributed by atoms with E-state index < -0.39 is 11.6 Å². The van der Waals surface area contributed by atoms with Crippen LogP contribution in [0.2, 0.25) is 0 Å². The number of pyridine rings is 1. The van der Waals surface area contributed by atoms with Crippen molar-refractivity contribution in [2.75, 3.05) is 0 Å². The van der Waals surface area contributed by atoms with Crippen molar-refractivity contribution in [2.45, 2.75) is 6.92 Å². The van der Waals surface area contributed by atoms with E-state index in [2.05, 4.69) is 4.98 Å². The Hall–Kier alpha value is -3.15. The van der Waals surface area contributed by atoms with Gasteiger partial charge >= 0.3 is 11.6 Å². The van der Waals surface area contributed by atoms with Gasteiger partial charge in [-0.1, -0.05) is 0 Å². The van der Waals surface area contributed by atoms with E-state index >= 15 is 0 Å². The third kappa shape index (κ3) is 2.54. The van der Waals surface area contributed by atoms with Gasteiger partial charge in [0.1, 0.15) is 17.1 Å². The number of phenols is 1. The number of rotatable bonds is 2. The molecule has 1 aromatic carbocycles. The van der Waals surface area contributed by atoms with Crippen LogP contribution in [0.15, 0.2) is 51.9 Å². The third-order valence-electron chi connectivity index (χ3n) is 3.10. The van der Waals surface area contributed by atoms with Crippen LogP contribution in [0.3, 0.4) is 0 Å². The predicted molar refractivity (Wildman–Crippen MR) is 78.1 cm³/mol. The lowest BCUT2D eigenvalue weighted by atomic mass is 10.1. The Labute approximate surface area is 124 Å². The summed E-state index contributed by atoms with van der Waals surface area (Å²) in [4.78, 5) is 27.2. The van der Waals surface area contributed by atoms with Gasteiger partial charge in [0.05, 0.1) is 10.9 Å². The van der Waals surface area contributed by atoms with Crippen molar-refractivity contribution in [1.29, 1.82) is 0 Å². The number of ether oxygens (including phenoxy) is 1. The lowest BCUT2D eigenvalue weighted by Crippen LogP contribution is -2.08. The third-order valence-corrected chi connectivity index (χ3v) is 3.10. The van der Waals surface area contributed by atoms with Crippen LogP contribution >= 0.6 is 0 Å². The van der Waals surface area contributed by atoms with Crippen LogP contribution in [-0.2, 0) is 0 Å². The number of hydrogen-bond acceptors (Lipinski definition) is 6. The van der Waals surface area contributed by atoms with Crippen molar-refractivity contribution in [2.24, 2.45) is 0 Å². The van der Waals surface area contributed by atoms with Gasteiger partial charge in [0, 0.05) is 30.6 Å². The molecule has 6 heteroatoms. The Kier molecular flexibility index (Phi) is 3.34. The van der Waals surface area contributed by atoms with Gasteiger partial charge in [-0.15, -0.1) is 0 Å². The number of aryl methyl sites for hydroxylation is 1.